The number of aryl methyl sites for hydroxylation is 1. The van der Waals surface area contributed by atoms with Gasteiger partial charge in [0.1, 0.15) is 0 Å². The van der Waals surface area contributed by atoms with E-state index in [0.29, 0.717) is 11.3 Å². The highest BCUT2D eigenvalue weighted by molar-refractivity contribution is 5.98. The molecule has 0 saturated carbocycles. The summed E-state index contributed by atoms with van der Waals surface area (Å²) in [5.41, 5.74) is 12.6. The molecule has 64 valence electrons. The van der Waals surface area contributed by atoms with E-state index in [1.807, 2.05) is 13.0 Å². The lowest BCUT2D eigenvalue weighted by molar-refractivity contribution is 0.100. The Bertz CT molecular complexity index is 307. The molecule has 3 nitrogen and oxygen atoms in total. The minimum atomic E-state index is -0.470. The van der Waals surface area contributed by atoms with Crippen LogP contribution in [0.4, 0.5) is 5.69 Å². The van der Waals surface area contributed by atoms with Gasteiger partial charge in [0.15, 0.2) is 0 Å². The Balaban J connectivity index is 3.17. The van der Waals surface area contributed by atoms with Crippen LogP contribution in [-0.4, -0.2) is 5.91 Å². The molecular formula is C9H12N2O. The number of nitrogen functional groups attached to an aromatic ring is 1. The van der Waals surface area contributed by atoms with E-state index in [1.54, 1.807) is 12.1 Å². The summed E-state index contributed by atoms with van der Waals surface area (Å²) in [6, 6.07) is 5.33. The number of benzene rings is 1. The smallest absolute Gasteiger partial charge is 0.250 e. The Labute approximate surface area is 71.4 Å². The van der Waals surface area contributed by atoms with E-state index in [-0.39, 0.29) is 0 Å². The largest absolute Gasteiger partial charge is 0.398 e. The lowest BCUT2D eigenvalue weighted by atomic mass is 10.1. The maximum absolute atomic E-state index is 10.8. The molecule has 0 atom stereocenters. The van der Waals surface area contributed by atoms with E-state index in [2.05, 4.69) is 0 Å². The molecule has 0 heterocycles. The summed E-state index contributed by atoms with van der Waals surface area (Å²) in [5, 5.41) is 0. The topological polar surface area (TPSA) is 69.1 Å². The summed E-state index contributed by atoms with van der Waals surface area (Å²) in [6.07, 6.45) is 0.876. The number of hydrogen-bond donors (Lipinski definition) is 2. The van der Waals surface area contributed by atoms with Gasteiger partial charge in [-0.15, -0.1) is 0 Å². The first kappa shape index (κ1) is 8.59. The third kappa shape index (κ3) is 1.56. The van der Waals surface area contributed by atoms with Crippen LogP contribution in [-0.2, 0) is 6.42 Å². The van der Waals surface area contributed by atoms with Crippen molar-refractivity contribution in [2.24, 2.45) is 5.73 Å². The SMILES string of the molecule is CCc1ccc(N)c(C(N)=O)c1. The van der Waals surface area contributed by atoms with E-state index in [0.717, 1.165) is 12.0 Å². The van der Waals surface area contributed by atoms with Gasteiger partial charge in [-0.25, -0.2) is 0 Å². The van der Waals surface area contributed by atoms with E-state index in [4.69, 9.17) is 11.5 Å². The van der Waals surface area contributed by atoms with Crippen molar-refractivity contribution in [2.45, 2.75) is 13.3 Å². The van der Waals surface area contributed by atoms with Gasteiger partial charge in [0.2, 0.25) is 0 Å². The van der Waals surface area contributed by atoms with Crippen molar-refractivity contribution in [1.82, 2.24) is 0 Å². The van der Waals surface area contributed by atoms with E-state index in [1.165, 1.54) is 0 Å². The first-order valence-electron chi connectivity index (χ1n) is 3.83. The molecule has 3 heteroatoms. The van der Waals surface area contributed by atoms with Crippen LogP contribution in [0.1, 0.15) is 22.8 Å². The molecule has 4 N–H and O–H groups in total. The van der Waals surface area contributed by atoms with E-state index >= 15 is 0 Å². The fraction of sp³-hybridized carbons (Fsp3) is 0.222. The summed E-state index contributed by atoms with van der Waals surface area (Å²) in [6.45, 7) is 2.01. The van der Waals surface area contributed by atoms with E-state index < -0.39 is 5.91 Å². The third-order valence-corrected chi connectivity index (χ3v) is 1.79. The fourth-order valence-electron chi connectivity index (χ4n) is 1.04. The molecular weight excluding hydrogens is 152 g/mol. The van der Waals surface area contributed by atoms with Crippen LogP contribution < -0.4 is 11.5 Å². The highest BCUT2D eigenvalue weighted by Crippen LogP contribution is 2.13. The lowest BCUT2D eigenvalue weighted by Gasteiger charge is -2.03. The molecule has 1 aromatic rings. The van der Waals surface area contributed by atoms with Gasteiger partial charge in [0.25, 0.3) is 5.91 Å². The van der Waals surface area contributed by atoms with Crippen LogP contribution in [0.15, 0.2) is 18.2 Å². The molecule has 0 bridgehead atoms. The van der Waals surface area contributed by atoms with Gasteiger partial charge >= 0.3 is 0 Å². The quantitative estimate of drug-likeness (QED) is 0.638. The Morgan fingerprint density at radius 1 is 1.50 bits per heavy atom. The maximum atomic E-state index is 10.8. The molecule has 1 amide bonds. The monoisotopic (exact) mass is 164 g/mol. The van der Waals surface area contributed by atoms with Gasteiger partial charge in [0.05, 0.1) is 5.56 Å². The Morgan fingerprint density at radius 3 is 2.67 bits per heavy atom. The van der Waals surface area contributed by atoms with Crippen molar-refractivity contribution in [3.05, 3.63) is 29.3 Å². The first-order chi connectivity index (χ1) is 5.65. The zero-order valence-electron chi connectivity index (χ0n) is 7.00. The van der Waals surface area contributed by atoms with Gasteiger partial charge < -0.3 is 11.5 Å². The van der Waals surface area contributed by atoms with E-state index in [9.17, 15) is 4.79 Å². The average Bonchev–Trinajstić information content (AvgIpc) is 2.05. The minimum Gasteiger partial charge on any atom is -0.398 e. The third-order valence-electron chi connectivity index (χ3n) is 1.79. The van der Waals surface area contributed by atoms with Crippen molar-refractivity contribution >= 4 is 11.6 Å². The Hall–Kier alpha value is -1.51. The number of amides is 1. The normalized spacial score (nSPS) is 9.75. The summed E-state index contributed by atoms with van der Waals surface area (Å²) in [7, 11) is 0. The number of hydrogen-bond acceptors (Lipinski definition) is 2. The van der Waals surface area contributed by atoms with Crippen molar-refractivity contribution in [3.63, 3.8) is 0 Å². The van der Waals surface area contributed by atoms with Gasteiger partial charge in [-0.2, -0.15) is 0 Å². The number of primary amides is 1. The second kappa shape index (κ2) is 3.26. The molecule has 1 aromatic carbocycles. The second-order valence-electron chi connectivity index (χ2n) is 2.64. The number of anilines is 1. The zero-order chi connectivity index (χ0) is 9.14. The number of nitrogens with two attached hydrogens (primary N) is 2. The van der Waals surface area contributed by atoms with Crippen LogP contribution in [0, 0.1) is 0 Å². The molecule has 1 rings (SSSR count). The van der Waals surface area contributed by atoms with Gasteiger partial charge in [0, 0.05) is 5.69 Å². The number of carbonyl (C=O) groups excluding carboxylic acids is 1. The van der Waals surface area contributed by atoms with Crippen molar-refractivity contribution in [3.8, 4) is 0 Å². The van der Waals surface area contributed by atoms with Crippen molar-refractivity contribution in [2.75, 3.05) is 5.73 Å². The molecule has 0 aliphatic rings. The summed E-state index contributed by atoms with van der Waals surface area (Å²) in [4.78, 5) is 10.8. The van der Waals surface area contributed by atoms with Gasteiger partial charge in [-0.05, 0) is 24.1 Å². The van der Waals surface area contributed by atoms with Crippen molar-refractivity contribution in [1.29, 1.82) is 0 Å². The van der Waals surface area contributed by atoms with Crippen LogP contribution in [0.25, 0.3) is 0 Å². The predicted molar refractivity (Wildman–Crippen MR) is 48.8 cm³/mol. The molecule has 0 aliphatic heterocycles. The molecule has 0 saturated heterocycles. The Morgan fingerprint density at radius 2 is 2.17 bits per heavy atom. The first-order valence-corrected chi connectivity index (χ1v) is 3.83. The van der Waals surface area contributed by atoms with Crippen LogP contribution >= 0.6 is 0 Å². The second-order valence-corrected chi connectivity index (χ2v) is 2.64. The molecule has 0 spiro atoms. The summed E-state index contributed by atoms with van der Waals surface area (Å²) in [5.74, 6) is -0.470. The highest BCUT2D eigenvalue weighted by atomic mass is 16.1. The Kier molecular flexibility index (Phi) is 2.33. The van der Waals surface area contributed by atoms with Crippen LogP contribution in [0.2, 0.25) is 0 Å². The number of carbonyl (C=O) groups is 1. The lowest BCUT2D eigenvalue weighted by Crippen LogP contribution is -2.13. The molecule has 0 unspecified atom stereocenters. The molecule has 0 aromatic heterocycles. The molecule has 12 heavy (non-hydrogen) atoms. The van der Waals surface area contributed by atoms with Crippen LogP contribution in [0.3, 0.4) is 0 Å². The minimum absolute atomic E-state index is 0.411. The summed E-state index contributed by atoms with van der Waals surface area (Å²) < 4.78 is 0. The van der Waals surface area contributed by atoms with Gasteiger partial charge in [-0.3, -0.25) is 4.79 Å². The molecule has 0 radical (unpaired) electrons. The fourth-order valence-corrected chi connectivity index (χ4v) is 1.04. The predicted octanol–water partition coefficient (Wildman–Crippen LogP) is 0.930. The van der Waals surface area contributed by atoms with Gasteiger partial charge in [-0.1, -0.05) is 13.0 Å². The van der Waals surface area contributed by atoms with Crippen molar-refractivity contribution < 1.29 is 4.79 Å². The molecule has 0 fully saturated rings. The summed E-state index contributed by atoms with van der Waals surface area (Å²) >= 11 is 0. The maximum Gasteiger partial charge on any atom is 0.250 e. The standard InChI is InChI=1S/C9H12N2O/c1-2-6-3-4-8(10)7(5-6)9(11)12/h3-5H,2,10H2,1H3,(H2,11,12). The van der Waals surface area contributed by atoms with Crippen LogP contribution in [0.5, 0.6) is 0 Å². The molecule has 0 aliphatic carbocycles. The average molecular weight is 164 g/mol. The number of rotatable bonds is 2. The zero-order valence-corrected chi connectivity index (χ0v) is 7.00. The highest BCUT2D eigenvalue weighted by Gasteiger charge is 2.04.